The van der Waals surface area contributed by atoms with Gasteiger partial charge in [0.15, 0.2) is 5.75 Å². The van der Waals surface area contributed by atoms with Gasteiger partial charge in [-0.1, -0.05) is 17.7 Å². The molecule has 1 fully saturated rings. The van der Waals surface area contributed by atoms with Crippen molar-refractivity contribution in [3.05, 3.63) is 58.5 Å². The third-order valence-electron chi connectivity index (χ3n) is 4.60. The average molecular weight is 372 g/mol. The van der Waals surface area contributed by atoms with Crippen molar-refractivity contribution in [2.24, 2.45) is 0 Å². The number of amides is 1. The van der Waals surface area contributed by atoms with Gasteiger partial charge in [0.2, 0.25) is 5.91 Å². The number of nitrogens with zero attached hydrogens (tertiary/aromatic N) is 2. The van der Waals surface area contributed by atoms with Crippen molar-refractivity contribution in [2.75, 3.05) is 20.2 Å². The maximum atomic E-state index is 12.5. The minimum absolute atomic E-state index is 0.0145. The van der Waals surface area contributed by atoms with Crippen LogP contribution in [0.5, 0.6) is 5.75 Å². The van der Waals surface area contributed by atoms with E-state index in [9.17, 15) is 9.59 Å². The van der Waals surface area contributed by atoms with E-state index >= 15 is 0 Å². The van der Waals surface area contributed by atoms with Gasteiger partial charge in [-0.2, -0.15) is 0 Å². The Kier molecular flexibility index (Phi) is 6.04. The number of benzene rings is 1. The molecule has 0 radical (unpaired) electrons. The summed E-state index contributed by atoms with van der Waals surface area (Å²) in [7, 11) is 1.46. The Labute approximate surface area is 158 Å². The number of pyridine rings is 1. The topological polar surface area (TPSA) is 51.5 Å². The number of methoxy groups -OCH3 is 1. The van der Waals surface area contributed by atoms with Crippen LogP contribution in [-0.4, -0.2) is 40.8 Å². The molecule has 138 valence electrons. The molecule has 1 aliphatic heterocycles. The molecular weight excluding hydrogens is 348 g/mol. The highest BCUT2D eigenvalue weighted by atomic mass is 32.2. The van der Waals surface area contributed by atoms with Crippen LogP contribution in [-0.2, 0) is 11.3 Å². The molecular formula is C20H24N2O3S. The van der Waals surface area contributed by atoms with Crippen molar-refractivity contribution in [1.29, 1.82) is 0 Å². The second-order valence-corrected chi connectivity index (χ2v) is 7.90. The lowest BCUT2D eigenvalue weighted by Crippen LogP contribution is -2.42. The van der Waals surface area contributed by atoms with Crippen LogP contribution < -0.4 is 10.3 Å². The molecule has 0 N–H and O–H groups in total. The van der Waals surface area contributed by atoms with E-state index in [0.29, 0.717) is 5.25 Å². The first-order valence-corrected chi connectivity index (χ1v) is 9.69. The third kappa shape index (κ3) is 4.49. The van der Waals surface area contributed by atoms with E-state index in [1.807, 2.05) is 16.7 Å². The number of thioether (sulfide) groups is 1. The largest absolute Gasteiger partial charge is 0.491 e. The summed E-state index contributed by atoms with van der Waals surface area (Å²) in [5.74, 6) is 0.243. The number of hydrogen-bond donors (Lipinski definition) is 0. The zero-order chi connectivity index (χ0) is 18.5. The minimum Gasteiger partial charge on any atom is -0.491 e. The molecule has 0 aliphatic carbocycles. The lowest BCUT2D eigenvalue weighted by atomic mass is 10.1. The molecule has 0 saturated carbocycles. The zero-order valence-electron chi connectivity index (χ0n) is 15.2. The molecule has 6 heteroatoms. The number of piperidine rings is 1. The fourth-order valence-electron chi connectivity index (χ4n) is 3.14. The number of carbonyl (C=O) groups excluding carboxylic acids is 1. The van der Waals surface area contributed by atoms with E-state index in [1.54, 1.807) is 18.3 Å². The third-order valence-corrected chi connectivity index (χ3v) is 5.93. The monoisotopic (exact) mass is 372 g/mol. The maximum Gasteiger partial charge on any atom is 0.293 e. The summed E-state index contributed by atoms with van der Waals surface area (Å²) in [6, 6.07) is 11.9. The molecule has 5 nitrogen and oxygen atoms in total. The van der Waals surface area contributed by atoms with Gasteiger partial charge in [-0.3, -0.25) is 9.59 Å². The molecule has 2 aromatic rings. The molecule has 1 aromatic carbocycles. The molecule has 26 heavy (non-hydrogen) atoms. The molecule has 1 aromatic heterocycles. The Balaban J connectivity index is 1.54. The molecule has 0 bridgehead atoms. The van der Waals surface area contributed by atoms with Crippen molar-refractivity contribution in [3.8, 4) is 5.75 Å². The fraction of sp³-hybridized carbons (Fsp3) is 0.400. The second-order valence-electron chi connectivity index (χ2n) is 6.52. The van der Waals surface area contributed by atoms with E-state index in [2.05, 4.69) is 31.2 Å². The first kappa shape index (κ1) is 18.6. The zero-order valence-corrected chi connectivity index (χ0v) is 16.0. The lowest BCUT2D eigenvalue weighted by molar-refractivity contribution is -0.132. The number of likely N-dealkylation sites (tertiary alicyclic amines) is 1. The number of aromatic nitrogens is 1. The minimum atomic E-state index is -0.270. The van der Waals surface area contributed by atoms with Gasteiger partial charge in [-0.05, 0) is 44.0 Å². The fourth-order valence-corrected chi connectivity index (χ4v) is 4.39. The molecule has 0 spiro atoms. The van der Waals surface area contributed by atoms with Crippen LogP contribution in [0.15, 0.2) is 52.3 Å². The molecule has 1 saturated heterocycles. The van der Waals surface area contributed by atoms with Crippen molar-refractivity contribution >= 4 is 17.7 Å². The number of carbonyl (C=O) groups is 1. The Bertz CT molecular complexity index is 826. The summed E-state index contributed by atoms with van der Waals surface area (Å²) >= 11 is 1.89. The van der Waals surface area contributed by atoms with Gasteiger partial charge in [0.25, 0.3) is 5.56 Å². The number of rotatable bonds is 5. The predicted molar refractivity (Wildman–Crippen MR) is 104 cm³/mol. The van der Waals surface area contributed by atoms with Gasteiger partial charge in [-0.15, -0.1) is 11.8 Å². The molecule has 1 aliphatic rings. The highest BCUT2D eigenvalue weighted by molar-refractivity contribution is 8.00. The van der Waals surface area contributed by atoms with Crippen LogP contribution in [0.4, 0.5) is 0 Å². The summed E-state index contributed by atoms with van der Waals surface area (Å²) in [6.45, 7) is 3.64. The van der Waals surface area contributed by atoms with Gasteiger partial charge in [-0.25, -0.2) is 0 Å². The Morgan fingerprint density at radius 2 is 2.00 bits per heavy atom. The number of hydrogen-bond acceptors (Lipinski definition) is 4. The van der Waals surface area contributed by atoms with Gasteiger partial charge in [0, 0.05) is 29.4 Å². The van der Waals surface area contributed by atoms with Crippen LogP contribution in [0.1, 0.15) is 18.4 Å². The summed E-state index contributed by atoms with van der Waals surface area (Å²) in [4.78, 5) is 27.9. The SMILES string of the molecule is COc1cccn(CC(=O)N2CCC(Sc3cccc(C)c3)CC2)c1=O. The molecule has 2 heterocycles. The van der Waals surface area contributed by atoms with Gasteiger partial charge in [0.1, 0.15) is 6.54 Å². The summed E-state index contributed by atoms with van der Waals surface area (Å²) < 4.78 is 6.44. The second kappa shape index (κ2) is 8.45. The normalized spacial score (nSPS) is 15.1. The average Bonchev–Trinajstić information content (AvgIpc) is 2.64. The van der Waals surface area contributed by atoms with Crippen molar-refractivity contribution in [2.45, 2.75) is 36.5 Å². The van der Waals surface area contributed by atoms with Crippen LogP contribution in [0.2, 0.25) is 0 Å². The quantitative estimate of drug-likeness (QED) is 0.810. The Hall–Kier alpha value is -2.21. The lowest BCUT2D eigenvalue weighted by Gasteiger charge is -2.32. The Morgan fingerprint density at radius 3 is 2.69 bits per heavy atom. The van der Waals surface area contributed by atoms with Crippen LogP contribution >= 0.6 is 11.8 Å². The van der Waals surface area contributed by atoms with Crippen LogP contribution in [0.3, 0.4) is 0 Å². The van der Waals surface area contributed by atoms with Crippen molar-refractivity contribution in [3.63, 3.8) is 0 Å². The summed E-state index contributed by atoms with van der Waals surface area (Å²) in [5.41, 5.74) is 1.000. The summed E-state index contributed by atoms with van der Waals surface area (Å²) in [6.07, 6.45) is 3.57. The first-order valence-electron chi connectivity index (χ1n) is 8.81. The van der Waals surface area contributed by atoms with Crippen molar-refractivity contribution < 1.29 is 9.53 Å². The van der Waals surface area contributed by atoms with Crippen LogP contribution in [0, 0.1) is 6.92 Å². The van der Waals surface area contributed by atoms with Gasteiger partial charge in [0.05, 0.1) is 7.11 Å². The molecule has 0 atom stereocenters. The van der Waals surface area contributed by atoms with Crippen LogP contribution in [0.25, 0.3) is 0 Å². The van der Waals surface area contributed by atoms with E-state index in [4.69, 9.17) is 4.74 Å². The summed E-state index contributed by atoms with van der Waals surface area (Å²) in [5, 5.41) is 0.528. The molecule has 3 rings (SSSR count). The molecule has 0 unspecified atom stereocenters. The van der Waals surface area contributed by atoms with E-state index in [-0.39, 0.29) is 23.8 Å². The van der Waals surface area contributed by atoms with E-state index in [0.717, 1.165) is 25.9 Å². The number of aryl methyl sites for hydroxylation is 1. The van der Waals surface area contributed by atoms with Gasteiger partial charge < -0.3 is 14.2 Å². The van der Waals surface area contributed by atoms with E-state index < -0.39 is 0 Å². The maximum absolute atomic E-state index is 12.5. The van der Waals surface area contributed by atoms with E-state index in [1.165, 1.54) is 22.1 Å². The highest BCUT2D eigenvalue weighted by Gasteiger charge is 2.24. The first-order chi connectivity index (χ1) is 12.6. The van der Waals surface area contributed by atoms with Crippen molar-refractivity contribution in [1.82, 2.24) is 9.47 Å². The molecule has 1 amide bonds. The smallest absolute Gasteiger partial charge is 0.293 e. The van der Waals surface area contributed by atoms with Gasteiger partial charge >= 0.3 is 0 Å². The Morgan fingerprint density at radius 1 is 1.23 bits per heavy atom. The number of ether oxygens (including phenoxy) is 1. The highest BCUT2D eigenvalue weighted by Crippen LogP contribution is 2.30. The standard InChI is InChI=1S/C20H24N2O3S/c1-15-5-3-6-17(13-15)26-16-8-11-21(12-9-16)19(23)14-22-10-4-7-18(25-2)20(22)24/h3-7,10,13,16H,8-9,11-12,14H2,1-2H3. The predicted octanol–water partition coefficient (Wildman–Crippen LogP) is 2.95.